The van der Waals surface area contributed by atoms with Crippen LogP contribution < -0.4 is 0 Å². The summed E-state index contributed by atoms with van der Waals surface area (Å²) in [5.74, 6) is 0.191. The van der Waals surface area contributed by atoms with E-state index < -0.39 is 11.4 Å². The summed E-state index contributed by atoms with van der Waals surface area (Å²) in [6.45, 7) is 6.62. The molecule has 1 aliphatic heterocycles. The van der Waals surface area contributed by atoms with Crippen molar-refractivity contribution in [3.8, 4) is 0 Å². The minimum Gasteiger partial charge on any atom is -0.481 e. The largest absolute Gasteiger partial charge is 0.481 e. The zero-order valence-corrected chi connectivity index (χ0v) is 12.8. The average molecular weight is 283 g/mol. The summed E-state index contributed by atoms with van der Waals surface area (Å²) < 4.78 is 5.35. The van der Waals surface area contributed by atoms with E-state index in [1.807, 2.05) is 0 Å². The van der Waals surface area contributed by atoms with E-state index in [-0.39, 0.29) is 0 Å². The first kappa shape index (κ1) is 15.8. The molecule has 1 saturated heterocycles. The van der Waals surface area contributed by atoms with Gasteiger partial charge in [-0.25, -0.2) is 0 Å². The molecule has 0 aromatic carbocycles. The molecule has 1 saturated carbocycles. The first-order chi connectivity index (χ1) is 9.66. The summed E-state index contributed by atoms with van der Waals surface area (Å²) in [6.07, 6.45) is 7.24. The Bertz CT molecular complexity index is 305. The highest BCUT2D eigenvalue weighted by atomic mass is 16.5. The van der Waals surface area contributed by atoms with Crippen LogP contribution in [0.2, 0.25) is 0 Å². The highest BCUT2D eigenvalue weighted by molar-refractivity contribution is 5.74. The van der Waals surface area contributed by atoms with Gasteiger partial charge in [-0.2, -0.15) is 0 Å². The minimum atomic E-state index is -0.569. The number of nitrogens with zero attached hydrogens (tertiary/aromatic N) is 1. The summed E-state index contributed by atoms with van der Waals surface area (Å²) in [6, 6.07) is 0. The van der Waals surface area contributed by atoms with Crippen LogP contribution in [-0.2, 0) is 9.53 Å². The van der Waals surface area contributed by atoms with Gasteiger partial charge in [-0.15, -0.1) is 0 Å². The Kier molecular flexibility index (Phi) is 5.85. The molecule has 2 aliphatic rings. The summed E-state index contributed by atoms with van der Waals surface area (Å²) >= 11 is 0. The van der Waals surface area contributed by atoms with Crippen molar-refractivity contribution in [3.05, 3.63) is 0 Å². The second-order valence-corrected chi connectivity index (χ2v) is 6.52. The van der Waals surface area contributed by atoms with E-state index in [2.05, 4.69) is 11.8 Å². The molecule has 2 fully saturated rings. The molecule has 0 amide bonds. The Morgan fingerprint density at radius 3 is 2.50 bits per heavy atom. The topological polar surface area (TPSA) is 49.8 Å². The third kappa shape index (κ3) is 3.95. The standard InChI is InChI=1S/C16H29NO3/c1-2-3-14-4-6-16(7-5-14,15(18)19)8-9-17-10-12-20-13-11-17/h14H,2-13H2,1H3,(H,18,19). The molecular weight excluding hydrogens is 254 g/mol. The van der Waals surface area contributed by atoms with Crippen molar-refractivity contribution in [3.63, 3.8) is 0 Å². The summed E-state index contributed by atoms with van der Waals surface area (Å²) in [4.78, 5) is 14.1. The number of rotatable bonds is 6. The molecule has 0 unspecified atom stereocenters. The second kappa shape index (κ2) is 7.41. The smallest absolute Gasteiger partial charge is 0.309 e. The quantitative estimate of drug-likeness (QED) is 0.814. The van der Waals surface area contributed by atoms with Gasteiger partial charge in [-0.3, -0.25) is 9.69 Å². The van der Waals surface area contributed by atoms with Crippen molar-refractivity contribution in [2.75, 3.05) is 32.8 Å². The number of ether oxygens (including phenoxy) is 1. The molecule has 4 nitrogen and oxygen atoms in total. The van der Waals surface area contributed by atoms with Gasteiger partial charge in [-0.1, -0.05) is 19.8 Å². The molecule has 0 atom stereocenters. The molecule has 2 rings (SSSR count). The lowest BCUT2D eigenvalue weighted by atomic mass is 9.67. The van der Waals surface area contributed by atoms with Crippen molar-refractivity contribution in [2.45, 2.75) is 51.9 Å². The average Bonchev–Trinajstić information content (AvgIpc) is 2.48. The van der Waals surface area contributed by atoms with E-state index in [4.69, 9.17) is 4.74 Å². The Morgan fingerprint density at radius 1 is 1.30 bits per heavy atom. The summed E-state index contributed by atoms with van der Waals surface area (Å²) in [5, 5.41) is 9.69. The zero-order chi connectivity index (χ0) is 14.4. The number of aliphatic carboxylic acids is 1. The maximum atomic E-state index is 11.8. The van der Waals surface area contributed by atoms with E-state index in [1.54, 1.807) is 0 Å². The number of hydrogen-bond acceptors (Lipinski definition) is 3. The van der Waals surface area contributed by atoms with Crippen LogP contribution in [-0.4, -0.2) is 48.8 Å². The third-order valence-electron chi connectivity index (χ3n) is 5.22. The maximum absolute atomic E-state index is 11.8. The zero-order valence-electron chi connectivity index (χ0n) is 12.8. The fraction of sp³-hybridized carbons (Fsp3) is 0.938. The monoisotopic (exact) mass is 283 g/mol. The third-order valence-corrected chi connectivity index (χ3v) is 5.22. The van der Waals surface area contributed by atoms with Gasteiger partial charge in [0.2, 0.25) is 0 Å². The molecule has 0 spiro atoms. The predicted octanol–water partition coefficient (Wildman–Crippen LogP) is 2.77. The lowest BCUT2D eigenvalue weighted by Crippen LogP contribution is -2.42. The van der Waals surface area contributed by atoms with Gasteiger partial charge in [-0.05, 0) is 44.6 Å². The van der Waals surface area contributed by atoms with Crippen molar-refractivity contribution in [2.24, 2.45) is 11.3 Å². The van der Waals surface area contributed by atoms with Crippen molar-refractivity contribution >= 4 is 5.97 Å². The summed E-state index contributed by atoms with van der Waals surface area (Å²) in [5.41, 5.74) is -0.456. The highest BCUT2D eigenvalue weighted by Crippen LogP contribution is 2.43. The van der Waals surface area contributed by atoms with Crippen LogP contribution in [0.3, 0.4) is 0 Å². The number of carbonyl (C=O) groups is 1. The summed E-state index contributed by atoms with van der Waals surface area (Å²) in [7, 11) is 0. The van der Waals surface area contributed by atoms with Gasteiger partial charge >= 0.3 is 5.97 Å². The Balaban J connectivity index is 1.85. The van der Waals surface area contributed by atoms with Gasteiger partial charge in [0, 0.05) is 13.1 Å². The number of carboxylic acids is 1. The molecule has 20 heavy (non-hydrogen) atoms. The lowest BCUT2D eigenvalue weighted by molar-refractivity contribution is -0.152. The predicted molar refractivity (Wildman–Crippen MR) is 78.8 cm³/mol. The fourth-order valence-electron chi connectivity index (χ4n) is 3.69. The minimum absolute atomic E-state index is 0.456. The van der Waals surface area contributed by atoms with Crippen LogP contribution >= 0.6 is 0 Å². The number of hydrogen-bond donors (Lipinski definition) is 1. The lowest BCUT2D eigenvalue weighted by Gasteiger charge is -2.38. The molecule has 0 radical (unpaired) electrons. The highest BCUT2D eigenvalue weighted by Gasteiger charge is 2.41. The first-order valence-corrected chi connectivity index (χ1v) is 8.20. The van der Waals surface area contributed by atoms with Gasteiger partial charge < -0.3 is 9.84 Å². The fourth-order valence-corrected chi connectivity index (χ4v) is 3.69. The van der Waals surface area contributed by atoms with E-state index in [1.165, 1.54) is 12.8 Å². The Labute approximate surface area is 122 Å². The molecular formula is C16H29NO3. The van der Waals surface area contributed by atoms with E-state index in [9.17, 15) is 9.90 Å². The van der Waals surface area contributed by atoms with Crippen LogP contribution in [0.15, 0.2) is 0 Å². The van der Waals surface area contributed by atoms with Crippen molar-refractivity contribution in [1.82, 2.24) is 4.90 Å². The molecule has 4 heteroatoms. The van der Waals surface area contributed by atoms with Crippen molar-refractivity contribution in [1.29, 1.82) is 0 Å². The number of morpholine rings is 1. The molecule has 0 aromatic heterocycles. The Hall–Kier alpha value is -0.610. The normalized spacial score (nSPS) is 32.1. The van der Waals surface area contributed by atoms with Gasteiger partial charge in [0.1, 0.15) is 0 Å². The van der Waals surface area contributed by atoms with Crippen LogP contribution in [0.4, 0.5) is 0 Å². The Morgan fingerprint density at radius 2 is 1.95 bits per heavy atom. The molecule has 0 aromatic rings. The molecule has 1 aliphatic carbocycles. The number of carboxylic acid groups (broad SMARTS) is 1. The maximum Gasteiger partial charge on any atom is 0.309 e. The van der Waals surface area contributed by atoms with Gasteiger partial charge in [0.25, 0.3) is 0 Å². The van der Waals surface area contributed by atoms with E-state index in [0.29, 0.717) is 0 Å². The molecule has 0 bridgehead atoms. The van der Waals surface area contributed by atoms with Crippen LogP contribution in [0.1, 0.15) is 51.9 Å². The molecule has 116 valence electrons. The van der Waals surface area contributed by atoms with E-state index in [0.717, 1.165) is 70.9 Å². The van der Waals surface area contributed by atoms with Crippen molar-refractivity contribution < 1.29 is 14.6 Å². The molecule has 1 N–H and O–H groups in total. The second-order valence-electron chi connectivity index (χ2n) is 6.52. The SMILES string of the molecule is CCCC1CCC(CCN2CCOCC2)(C(=O)O)CC1. The van der Waals surface area contributed by atoms with Crippen LogP contribution in [0, 0.1) is 11.3 Å². The molecule has 1 heterocycles. The first-order valence-electron chi connectivity index (χ1n) is 8.20. The van der Waals surface area contributed by atoms with Crippen LogP contribution in [0.25, 0.3) is 0 Å². The van der Waals surface area contributed by atoms with Gasteiger partial charge in [0.15, 0.2) is 0 Å². The van der Waals surface area contributed by atoms with Gasteiger partial charge in [0.05, 0.1) is 18.6 Å². The van der Waals surface area contributed by atoms with Crippen LogP contribution in [0.5, 0.6) is 0 Å². The van der Waals surface area contributed by atoms with E-state index >= 15 is 0 Å².